The highest BCUT2D eigenvalue weighted by Gasteiger charge is 2.02. The molecule has 1 aromatic carbocycles. The molecule has 12 heavy (non-hydrogen) atoms. The van der Waals surface area contributed by atoms with Crippen molar-refractivity contribution in [1.29, 1.82) is 0 Å². The van der Waals surface area contributed by atoms with Gasteiger partial charge in [0.15, 0.2) is 0 Å². The molecule has 0 amide bonds. The topological polar surface area (TPSA) is 26.0 Å². The molecule has 0 aromatic heterocycles. The molecule has 0 heterocycles. The summed E-state index contributed by atoms with van der Waals surface area (Å²) in [6.45, 7) is 2.72. The van der Waals surface area contributed by atoms with E-state index in [-0.39, 0.29) is 0 Å². The number of benzene rings is 1. The van der Waals surface area contributed by atoms with E-state index in [2.05, 4.69) is 54.3 Å². The lowest BCUT2D eigenvalue weighted by Gasteiger charge is -2.07. The van der Waals surface area contributed by atoms with Crippen molar-refractivity contribution in [2.75, 3.05) is 0 Å². The van der Waals surface area contributed by atoms with Gasteiger partial charge in [0.05, 0.1) is 0 Å². The van der Waals surface area contributed by atoms with Gasteiger partial charge >= 0.3 is 0 Å². The number of halogens is 1. The number of rotatable bonds is 2. The SMILES string of the molecule is Cc1c(I)cc(CS)cc1CN. The van der Waals surface area contributed by atoms with Crippen LogP contribution < -0.4 is 5.73 Å². The second-order valence-electron chi connectivity index (χ2n) is 2.72. The number of hydrogen-bond acceptors (Lipinski definition) is 2. The first-order chi connectivity index (χ1) is 5.69. The molecule has 0 fully saturated rings. The quantitative estimate of drug-likeness (QED) is 0.636. The summed E-state index contributed by atoms with van der Waals surface area (Å²) in [6.07, 6.45) is 0. The molecule has 0 saturated carbocycles. The zero-order valence-electron chi connectivity index (χ0n) is 6.97. The van der Waals surface area contributed by atoms with E-state index in [1.807, 2.05) is 0 Å². The predicted octanol–water partition coefficient (Wildman–Crippen LogP) is 2.49. The fraction of sp³-hybridized carbons (Fsp3) is 0.333. The zero-order valence-corrected chi connectivity index (χ0v) is 10.0. The van der Waals surface area contributed by atoms with Gasteiger partial charge in [-0.2, -0.15) is 12.6 Å². The Labute approximate surface area is 92.3 Å². The lowest BCUT2D eigenvalue weighted by molar-refractivity contribution is 1.04. The molecule has 0 aliphatic carbocycles. The van der Waals surface area contributed by atoms with Gasteiger partial charge in [0.25, 0.3) is 0 Å². The van der Waals surface area contributed by atoms with Gasteiger partial charge in [0.2, 0.25) is 0 Å². The summed E-state index contributed by atoms with van der Waals surface area (Å²) in [5, 5.41) is 0. The maximum Gasteiger partial charge on any atom is 0.0181 e. The molecule has 0 saturated heterocycles. The summed E-state index contributed by atoms with van der Waals surface area (Å²) in [6, 6.07) is 4.28. The Bertz CT molecular complexity index is 286. The largest absolute Gasteiger partial charge is 0.326 e. The summed E-state index contributed by atoms with van der Waals surface area (Å²) in [5.74, 6) is 0.781. The van der Waals surface area contributed by atoms with E-state index in [9.17, 15) is 0 Å². The number of hydrogen-bond donors (Lipinski definition) is 2. The maximum absolute atomic E-state index is 5.61. The van der Waals surface area contributed by atoms with Crippen LogP contribution in [0.1, 0.15) is 16.7 Å². The molecule has 0 spiro atoms. The van der Waals surface area contributed by atoms with Crippen LogP contribution in [0.15, 0.2) is 12.1 Å². The van der Waals surface area contributed by atoms with Crippen molar-refractivity contribution in [2.45, 2.75) is 19.2 Å². The second kappa shape index (κ2) is 4.48. The summed E-state index contributed by atoms with van der Waals surface area (Å²) < 4.78 is 1.28. The van der Waals surface area contributed by atoms with Crippen molar-refractivity contribution >= 4 is 35.2 Å². The predicted molar refractivity (Wildman–Crippen MR) is 64.5 cm³/mol. The van der Waals surface area contributed by atoms with E-state index in [0.29, 0.717) is 6.54 Å². The highest BCUT2D eigenvalue weighted by Crippen LogP contribution is 2.19. The minimum Gasteiger partial charge on any atom is -0.326 e. The van der Waals surface area contributed by atoms with Gasteiger partial charge in [0, 0.05) is 15.9 Å². The third kappa shape index (κ3) is 2.14. The fourth-order valence-corrected chi connectivity index (χ4v) is 2.03. The molecule has 1 nitrogen and oxygen atoms in total. The van der Waals surface area contributed by atoms with Crippen LogP contribution in [0.25, 0.3) is 0 Å². The van der Waals surface area contributed by atoms with E-state index in [1.54, 1.807) is 0 Å². The molecule has 0 bridgehead atoms. The smallest absolute Gasteiger partial charge is 0.0181 e. The Kier molecular flexibility index (Phi) is 3.86. The third-order valence-corrected chi connectivity index (χ3v) is 3.40. The lowest BCUT2D eigenvalue weighted by Crippen LogP contribution is -2.01. The van der Waals surface area contributed by atoms with Crippen LogP contribution in [0.5, 0.6) is 0 Å². The maximum atomic E-state index is 5.61. The number of thiol groups is 1. The molecular weight excluding hydrogens is 281 g/mol. The molecule has 1 rings (SSSR count). The first kappa shape index (κ1) is 10.3. The van der Waals surface area contributed by atoms with Crippen molar-refractivity contribution < 1.29 is 0 Å². The normalized spacial score (nSPS) is 10.3. The van der Waals surface area contributed by atoms with Crippen LogP contribution in [0.4, 0.5) is 0 Å². The van der Waals surface area contributed by atoms with Gasteiger partial charge in [-0.3, -0.25) is 0 Å². The third-order valence-electron chi connectivity index (χ3n) is 1.91. The summed E-state index contributed by atoms with van der Waals surface area (Å²) in [4.78, 5) is 0. The Morgan fingerprint density at radius 2 is 2.17 bits per heavy atom. The number of nitrogens with two attached hydrogens (primary N) is 1. The van der Waals surface area contributed by atoms with Gasteiger partial charge in [-0.1, -0.05) is 6.07 Å². The van der Waals surface area contributed by atoms with Crippen molar-refractivity contribution in [1.82, 2.24) is 0 Å². The highest BCUT2D eigenvalue weighted by molar-refractivity contribution is 14.1. The van der Waals surface area contributed by atoms with Gasteiger partial charge in [-0.15, -0.1) is 0 Å². The standard InChI is InChI=1S/C9H12INS/c1-6-8(4-11)2-7(5-12)3-9(6)10/h2-3,12H,4-5,11H2,1H3. The van der Waals surface area contributed by atoms with Crippen molar-refractivity contribution in [3.05, 3.63) is 32.4 Å². The lowest BCUT2D eigenvalue weighted by atomic mass is 10.1. The van der Waals surface area contributed by atoms with Crippen LogP contribution in [-0.4, -0.2) is 0 Å². The van der Waals surface area contributed by atoms with E-state index in [0.717, 1.165) is 5.75 Å². The van der Waals surface area contributed by atoms with Crippen LogP contribution in [0, 0.1) is 10.5 Å². The average molecular weight is 293 g/mol. The first-order valence-electron chi connectivity index (χ1n) is 3.78. The van der Waals surface area contributed by atoms with E-state index < -0.39 is 0 Å². The Hall–Kier alpha value is 0.260. The Balaban J connectivity index is 3.19. The molecule has 1 aromatic rings. The van der Waals surface area contributed by atoms with Crippen LogP contribution in [0.3, 0.4) is 0 Å². The molecule has 2 N–H and O–H groups in total. The molecule has 0 unspecified atom stereocenters. The molecule has 3 heteroatoms. The van der Waals surface area contributed by atoms with Gasteiger partial charge in [-0.05, 0) is 52.3 Å². The fourth-order valence-electron chi connectivity index (χ4n) is 1.10. The molecule has 0 atom stereocenters. The minimum absolute atomic E-state index is 0.615. The van der Waals surface area contributed by atoms with Crippen LogP contribution >= 0.6 is 35.2 Å². The summed E-state index contributed by atoms with van der Waals surface area (Å²) in [7, 11) is 0. The Morgan fingerprint density at radius 3 is 2.67 bits per heavy atom. The monoisotopic (exact) mass is 293 g/mol. The van der Waals surface area contributed by atoms with Crippen molar-refractivity contribution in [3.8, 4) is 0 Å². The molecule has 0 radical (unpaired) electrons. The van der Waals surface area contributed by atoms with Crippen LogP contribution in [-0.2, 0) is 12.3 Å². The summed E-state index contributed by atoms with van der Waals surface area (Å²) >= 11 is 6.57. The van der Waals surface area contributed by atoms with Gasteiger partial charge in [-0.25, -0.2) is 0 Å². The van der Waals surface area contributed by atoms with Gasteiger partial charge < -0.3 is 5.73 Å². The second-order valence-corrected chi connectivity index (χ2v) is 4.20. The van der Waals surface area contributed by atoms with Crippen molar-refractivity contribution in [2.24, 2.45) is 5.73 Å². The highest BCUT2D eigenvalue weighted by atomic mass is 127. The zero-order chi connectivity index (χ0) is 9.14. The summed E-state index contributed by atoms with van der Waals surface area (Å²) in [5.41, 5.74) is 9.38. The minimum atomic E-state index is 0.615. The molecular formula is C9H12INS. The first-order valence-corrected chi connectivity index (χ1v) is 5.49. The van der Waals surface area contributed by atoms with Gasteiger partial charge in [0.1, 0.15) is 0 Å². The van der Waals surface area contributed by atoms with E-state index in [4.69, 9.17) is 5.73 Å². The van der Waals surface area contributed by atoms with E-state index in [1.165, 1.54) is 20.3 Å². The average Bonchev–Trinajstić information content (AvgIpc) is 2.09. The van der Waals surface area contributed by atoms with Crippen molar-refractivity contribution in [3.63, 3.8) is 0 Å². The molecule has 0 aliphatic heterocycles. The molecule has 0 aliphatic rings. The van der Waals surface area contributed by atoms with Crippen LogP contribution in [0.2, 0.25) is 0 Å². The Morgan fingerprint density at radius 1 is 1.50 bits per heavy atom. The molecule has 66 valence electrons. The van der Waals surface area contributed by atoms with E-state index >= 15 is 0 Å².